The molecule has 1 rings (SSSR count). The van der Waals surface area contributed by atoms with Gasteiger partial charge in [-0.05, 0) is 64.6 Å². The molecule has 88 valence electrons. The summed E-state index contributed by atoms with van der Waals surface area (Å²) >= 11 is 0. The van der Waals surface area contributed by atoms with Crippen molar-refractivity contribution >= 4 is 5.78 Å². The molecule has 0 aliphatic carbocycles. The van der Waals surface area contributed by atoms with Gasteiger partial charge in [-0.15, -0.1) is 0 Å². The van der Waals surface area contributed by atoms with Crippen molar-refractivity contribution in [3.8, 4) is 0 Å². The topological polar surface area (TPSA) is 20.3 Å². The van der Waals surface area contributed by atoms with Gasteiger partial charge in [0.2, 0.25) is 0 Å². The third-order valence-corrected chi connectivity index (χ3v) is 3.36. The maximum absolute atomic E-state index is 10.8. The van der Waals surface area contributed by atoms with E-state index in [0.29, 0.717) is 5.78 Å². The number of carbonyl (C=O) groups is 1. The van der Waals surface area contributed by atoms with Crippen LogP contribution in [0.1, 0.15) is 52.4 Å². The minimum atomic E-state index is 0.333. The lowest BCUT2D eigenvalue weighted by molar-refractivity contribution is -0.117. The molecule has 0 bridgehead atoms. The highest BCUT2D eigenvalue weighted by molar-refractivity contribution is 5.75. The summed E-state index contributed by atoms with van der Waals surface area (Å²) in [5.41, 5.74) is 0. The molecule has 0 radical (unpaired) electrons. The van der Waals surface area contributed by atoms with Crippen molar-refractivity contribution in [2.75, 3.05) is 19.6 Å². The van der Waals surface area contributed by atoms with Gasteiger partial charge in [0.15, 0.2) is 0 Å². The van der Waals surface area contributed by atoms with Gasteiger partial charge in [0.1, 0.15) is 5.78 Å². The lowest BCUT2D eigenvalue weighted by Crippen LogP contribution is -2.26. The first-order valence-electron chi connectivity index (χ1n) is 6.40. The van der Waals surface area contributed by atoms with Gasteiger partial charge in [-0.3, -0.25) is 0 Å². The fraction of sp³-hybridized carbons (Fsp3) is 0.923. The molecule has 1 saturated heterocycles. The molecular weight excluding hydrogens is 186 g/mol. The van der Waals surface area contributed by atoms with Gasteiger partial charge in [0.25, 0.3) is 0 Å². The van der Waals surface area contributed by atoms with Gasteiger partial charge in [-0.25, -0.2) is 0 Å². The Bertz CT molecular complexity index is 191. The van der Waals surface area contributed by atoms with E-state index in [-0.39, 0.29) is 0 Å². The monoisotopic (exact) mass is 211 g/mol. The van der Waals surface area contributed by atoms with E-state index in [4.69, 9.17) is 0 Å². The van der Waals surface area contributed by atoms with Crippen molar-refractivity contribution in [1.82, 2.24) is 4.90 Å². The quantitative estimate of drug-likeness (QED) is 0.652. The molecule has 0 spiro atoms. The average molecular weight is 211 g/mol. The lowest BCUT2D eigenvalue weighted by atomic mass is 10.0. The van der Waals surface area contributed by atoms with Crippen LogP contribution in [0.2, 0.25) is 0 Å². The van der Waals surface area contributed by atoms with Crippen LogP contribution in [0.25, 0.3) is 0 Å². The van der Waals surface area contributed by atoms with Crippen LogP contribution in [-0.4, -0.2) is 30.3 Å². The van der Waals surface area contributed by atoms with Gasteiger partial charge < -0.3 is 9.69 Å². The van der Waals surface area contributed by atoms with Crippen LogP contribution in [0.3, 0.4) is 0 Å². The summed E-state index contributed by atoms with van der Waals surface area (Å²) in [5.74, 6) is 1.24. The second-order valence-corrected chi connectivity index (χ2v) is 5.04. The molecule has 2 nitrogen and oxygen atoms in total. The lowest BCUT2D eigenvalue weighted by Gasteiger charge is -2.19. The molecule has 15 heavy (non-hydrogen) atoms. The smallest absolute Gasteiger partial charge is 0.129 e. The number of Topliss-reactive ketones (excluding diaryl/α,β-unsaturated/α-hetero) is 1. The summed E-state index contributed by atoms with van der Waals surface area (Å²) in [6.45, 7) is 7.78. The summed E-state index contributed by atoms with van der Waals surface area (Å²) in [6, 6.07) is 0. The number of hydrogen-bond acceptors (Lipinski definition) is 2. The van der Waals surface area contributed by atoms with Gasteiger partial charge in [-0.1, -0.05) is 6.92 Å². The zero-order valence-corrected chi connectivity index (χ0v) is 10.3. The van der Waals surface area contributed by atoms with Crippen LogP contribution < -0.4 is 0 Å². The van der Waals surface area contributed by atoms with Crippen molar-refractivity contribution in [2.24, 2.45) is 5.92 Å². The van der Waals surface area contributed by atoms with Crippen molar-refractivity contribution < 1.29 is 4.79 Å². The number of nitrogens with zero attached hydrogens (tertiary/aromatic N) is 1. The van der Waals surface area contributed by atoms with E-state index in [1.54, 1.807) is 6.92 Å². The van der Waals surface area contributed by atoms with Crippen molar-refractivity contribution in [2.45, 2.75) is 52.4 Å². The van der Waals surface area contributed by atoms with Crippen LogP contribution >= 0.6 is 0 Å². The van der Waals surface area contributed by atoms with Crippen molar-refractivity contribution in [1.29, 1.82) is 0 Å². The Morgan fingerprint density at radius 1 is 1.27 bits per heavy atom. The third kappa shape index (κ3) is 5.93. The summed E-state index contributed by atoms with van der Waals surface area (Å²) in [5, 5.41) is 0. The Morgan fingerprint density at radius 3 is 2.80 bits per heavy atom. The van der Waals surface area contributed by atoms with E-state index in [1.807, 2.05) is 0 Å². The fourth-order valence-electron chi connectivity index (χ4n) is 2.26. The van der Waals surface area contributed by atoms with Crippen LogP contribution in [0.5, 0.6) is 0 Å². The SMILES string of the molecule is CC(=O)CCCCN1CCCC(C)CC1. The van der Waals surface area contributed by atoms with Crippen LogP contribution in [0.15, 0.2) is 0 Å². The average Bonchev–Trinajstić information content (AvgIpc) is 2.38. The highest BCUT2D eigenvalue weighted by Crippen LogP contribution is 2.16. The van der Waals surface area contributed by atoms with Crippen molar-refractivity contribution in [3.63, 3.8) is 0 Å². The van der Waals surface area contributed by atoms with E-state index in [1.165, 1.54) is 45.3 Å². The number of carbonyl (C=O) groups excluding carboxylic acids is 1. The van der Waals surface area contributed by atoms with E-state index >= 15 is 0 Å². The molecule has 2 heteroatoms. The Morgan fingerprint density at radius 2 is 2.07 bits per heavy atom. The van der Waals surface area contributed by atoms with E-state index in [2.05, 4.69) is 11.8 Å². The summed E-state index contributed by atoms with van der Waals surface area (Å²) in [4.78, 5) is 13.4. The molecule has 1 unspecified atom stereocenters. The molecule has 0 aromatic heterocycles. The molecule has 1 fully saturated rings. The van der Waals surface area contributed by atoms with E-state index in [9.17, 15) is 4.79 Å². The predicted molar refractivity (Wildman–Crippen MR) is 64.0 cm³/mol. The van der Waals surface area contributed by atoms with Crippen LogP contribution in [-0.2, 0) is 4.79 Å². The molecule has 1 heterocycles. The highest BCUT2D eigenvalue weighted by Gasteiger charge is 2.12. The van der Waals surface area contributed by atoms with Crippen molar-refractivity contribution in [3.05, 3.63) is 0 Å². The molecule has 0 N–H and O–H groups in total. The second-order valence-electron chi connectivity index (χ2n) is 5.04. The van der Waals surface area contributed by atoms with Gasteiger partial charge in [0.05, 0.1) is 0 Å². The molecule has 0 saturated carbocycles. The fourth-order valence-corrected chi connectivity index (χ4v) is 2.26. The number of ketones is 1. The largest absolute Gasteiger partial charge is 0.303 e. The van der Waals surface area contributed by atoms with Gasteiger partial charge >= 0.3 is 0 Å². The number of hydrogen-bond donors (Lipinski definition) is 0. The molecular formula is C13H25NO. The summed E-state index contributed by atoms with van der Waals surface area (Å²) < 4.78 is 0. The number of likely N-dealkylation sites (tertiary alicyclic amines) is 1. The Balaban J connectivity index is 2.07. The first-order valence-corrected chi connectivity index (χ1v) is 6.40. The molecule has 1 aliphatic rings. The molecule has 0 aromatic rings. The minimum Gasteiger partial charge on any atom is -0.303 e. The maximum atomic E-state index is 10.8. The predicted octanol–water partition coefficient (Wildman–Crippen LogP) is 2.87. The molecule has 0 aromatic carbocycles. The second kappa shape index (κ2) is 7.00. The number of unbranched alkanes of at least 4 members (excludes halogenated alkanes) is 1. The normalized spacial score (nSPS) is 23.7. The van der Waals surface area contributed by atoms with E-state index < -0.39 is 0 Å². The Kier molecular flexibility index (Phi) is 5.92. The Hall–Kier alpha value is -0.370. The number of rotatable bonds is 5. The maximum Gasteiger partial charge on any atom is 0.129 e. The van der Waals surface area contributed by atoms with Gasteiger partial charge in [-0.2, -0.15) is 0 Å². The standard InChI is InChI=1S/C13H25NO/c1-12-6-5-10-14(11-8-12)9-4-3-7-13(2)15/h12H,3-11H2,1-2H3. The summed E-state index contributed by atoms with van der Waals surface area (Å²) in [7, 11) is 0. The molecule has 1 aliphatic heterocycles. The van der Waals surface area contributed by atoms with E-state index in [0.717, 1.165) is 18.8 Å². The first-order chi connectivity index (χ1) is 7.18. The third-order valence-electron chi connectivity index (χ3n) is 3.36. The minimum absolute atomic E-state index is 0.333. The zero-order valence-electron chi connectivity index (χ0n) is 10.3. The molecule has 1 atom stereocenters. The van der Waals surface area contributed by atoms with Gasteiger partial charge in [0, 0.05) is 6.42 Å². The zero-order chi connectivity index (χ0) is 11.1. The summed E-state index contributed by atoms with van der Waals surface area (Å²) in [6.07, 6.45) is 7.13. The van der Waals surface area contributed by atoms with Crippen LogP contribution in [0.4, 0.5) is 0 Å². The Labute approximate surface area is 94.0 Å². The molecule has 0 amide bonds. The highest BCUT2D eigenvalue weighted by atomic mass is 16.1. The first kappa shape index (κ1) is 12.7. The van der Waals surface area contributed by atoms with Crippen LogP contribution in [0, 0.1) is 5.92 Å².